The lowest BCUT2D eigenvalue weighted by Crippen LogP contribution is -2.22. The van der Waals surface area contributed by atoms with Crippen LogP contribution in [0.25, 0.3) is 0 Å². The molecule has 0 aliphatic rings. The van der Waals surface area contributed by atoms with Crippen LogP contribution >= 0.6 is 0 Å². The average Bonchev–Trinajstić information content (AvgIpc) is 2.94. The molecule has 0 aliphatic carbocycles. The van der Waals surface area contributed by atoms with Gasteiger partial charge in [0.2, 0.25) is 0 Å². The van der Waals surface area contributed by atoms with Crippen molar-refractivity contribution >= 4 is 11.6 Å². The van der Waals surface area contributed by atoms with Gasteiger partial charge in [-0.15, -0.1) is 0 Å². The zero-order valence-electron chi connectivity index (χ0n) is 14.4. The first kappa shape index (κ1) is 17.1. The van der Waals surface area contributed by atoms with Crippen molar-refractivity contribution in [2.45, 2.75) is 53.0 Å². The van der Waals surface area contributed by atoms with Crippen molar-refractivity contribution < 1.29 is 4.52 Å². The molecular weight excluding hydrogens is 288 g/mol. The molecule has 5 heteroatoms. The van der Waals surface area contributed by atoms with E-state index in [1.807, 2.05) is 18.2 Å². The highest BCUT2D eigenvalue weighted by Gasteiger charge is 2.12. The van der Waals surface area contributed by atoms with Gasteiger partial charge in [-0.1, -0.05) is 25.1 Å². The predicted molar refractivity (Wildman–Crippen MR) is 94.7 cm³/mol. The van der Waals surface area contributed by atoms with Gasteiger partial charge in [-0.2, -0.15) is 0 Å². The minimum atomic E-state index is 0.371. The van der Waals surface area contributed by atoms with E-state index in [-0.39, 0.29) is 0 Å². The molecule has 0 bridgehead atoms. The van der Waals surface area contributed by atoms with Crippen molar-refractivity contribution in [2.75, 3.05) is 5.32 Å². The summed E-state index contributed by atoms with van der Waals surface area (Å²) in [4.78, 5) is 4.32. The summed E-state index contributed by atoms with van der Waals surface area (Å²) in [5.74, 6) is 1.55. The molecular formula is C18H26N4O. The summed E-state index contributed by atoms with van der Waals surface area (Å²) in [5, 5.41) is 7.25. The van der Waals surface area contributed by atoms with Crippen LogP contribution in [-0.2, 0) is 6.54 Å². The third-order valence-electron chi connectivity index (χ3n) is 3.88. The second kappa shape index (κ2) is 7.81. The van der Waals surface area contributed by atoms with Crippen LogP contribution in [0.5, 0.6) is 0 Å². The molecule has 0 saturated carbocycles. The molecule has 2 rings (SSSR count). The topological polar surface area (TPSA) is 76.4 Å². The summed E-state index contributed by atoms with van der Waals surface area (Å²) < 4.78 is 5.35. The van der Waals surface area contributed by atoms with Crippen LogP contribution in [0.1, 0.15) is 55.2 Å². The molecule has 3 N–H and O–H groups in total. The molecule has 23 heavy (non-hydrogen) atoms. The number of hydrogen-bond acceptors (Lipinski definition) is 3. The van der Waals surface area contributed by atoms with E-state index in [0.29, 0.717) is 18.4 Å². The fourth-order valence-electron chi connectivity index (χ4n) is 2.70. The van der Waals surface area contributed by atoms with E-state index in [4.69, 9.17) is 10.3 Å². The van der Waals surface area contributed by atoms with Crippen LogP contribution < -0.4 is 11.1 Å². The predicted octanol–water partition coefficient (Wildman–Crippen LogP) is 4.12. The van der Waals surface area contributed by atoms with Crippen molar-refractivity contribution in [3.05, 3.63) is 46.8 Å². The first-order valence-corrected chi connectivity index (χ1v) is 8.12. The second-order valence-electron chi connectivity index (χ2n) is 5.93. The molecule has 0 radical (unpaired) electrons. The Morgan fingerprint density at radius 1 is 1.17 bits per heavy atom. The second-order valence-corrected chi connectivity index (χ2v) is 5.93. The lowest BCUT2D eigenvalue weighted by molar-refractivity contribution is 0.372. The minimum absolute atomic E-state index is 0.371. The van der Waals surface area contributed by atoms with Gasteiger partial charge in [-0.25, -0.2) is 4.99 Å². The van der Waals surface area contributed by atoms with E-state index in [2.05, 4.69) is 49.2 Å². The van der Waals surface area contributed by atoms with Gasteiger partial charge in [0.1, 0.15) is 6.54 Å². The molecule has 0 saturated heterocycles. The highest BCUT2D eigenvalue weighted by molar-refractivity contribution is 5.92. The van der Waals surface area contributed by atoms with Gasteiger partial charge in [0.15, 0.2) is 11.7 Å². The molecule has 1 aromatic heterocycles. The number of hydrogen-bond donors (Lipinski definition) is 2. The summed E-state index contributed by atoms with van der Waals surface area (Å²) in [6, 6.07) is 8.17. The number of nitrogens with one attached hydrogen (secondary N) is 1. The van der Waals surface area contributed by atoms with E-state index in [1.54, 1.807) is 0 Å². The van der Waals surface area contributed by atoms with Crippen molar-refractivity contribution in [3.63, 3.8) is 0 Å². The van der Waals surface area contributed by atoms with Crippen molar-refractivity contribution in [3.8, 4) is 0 Å². The van der Waals surface area contributed by atoms with Gasteiger partial charge in [0, 0.05) is 17.7 Å². The summed E-state index contributed by atoms with van der Waals surface area (Å²) in [6.07, 6.45) is 2.12. The van der Waals surface area contributed by atoms with E-state index < -0.39 is 0 Å². The Morgan fingerprint density at radius 2 is 1.83 bits per heavy atom. The Balaban J connectivity index is 1.99. The summed E-state index contributed by atoms with van der Waals surface area (Å²) in [6.45, 7) is 8.81. The van der Waals surface area contributed by atoms with Crippen LogP contribution in [0.3, 0.4) is 0 Å². The van der Waals surface area contributed by atoms with Crippen LogP contribution in [0.4, 0.5) is 5.69 Å². The standard InChI is InChI=1S/C18H26N4O/c1-5-14(6-2)17-10-16(23-22-17)11-20-18(19)21-15-8-12(3)7-13(4)9-15/h7-10,14H,5-6,11H2,1-4H3,(H3,19,20,21). The van der Waals surface area contributed by atoms with Gasteiger partial charge in [0.05, 0.1) is 5.69 Å². The Bertz CT molecular complexity index is 651. The number of guanidine groups is 1. The van der Waals surface area contributed by atoms with Gasteiger partial charge < -0.3 is 15.6 Å². The van der Waals surface area contributed by atoms with Crippen molar-refractivity contribution in [1.82, 2.24) is 5.16 Å². The number of nitrogens with two attached hydrogens (primary N) is 1. The van der Waals surface area contributed by atoms with Crippen molar-refractivity contribution in [1.29, 1.82) is 0 Å². The minimum Gasteiger partial charge on any atom is -0.370 e. The normalized spacial score (nSPS) is 12.0. The highest BCUT2D eigenvalue weighted by Crippen LogP contribution is 2.22. The lowest BCUT2D eigenvalue weighted by atomic mass is 9.99. The molecule has 124 valence electrons. The number of aromatic nitrogens is 1. The van der Waals surface area contributed by atoms with E-state index in [9.17, 15) is 0 Å². The Hall–Kier alpha value is -2.30. The molecule has 0 atom stereocenters. The lowest BCUT2D eigenvalue weighted by Gasteiger charge is -2.07. The quantitative estimate of drug-likeness (QED) is 0.621. The van der Waals surface area contributed by atoms with Crippen LogP contribution in [0, 0.1) is 13.8 Å². The molecule has 1 heterocycles. The summed E-state index contributed by atoms with van der Waals surface area (Å²) in [7, 11) is 0. The number of nitrogens with zero attached hydrogens (tertiary/aromatic N) is 2. The Kier molecular flexibility index (Phi) is 5.79. The van der Waals surface area contributed by atoms with E-state index in [0.717, 1.165) is 30.0 Å². The fourth-order valence-corrected chi connectivity index (χ4v) is 2.70. The van der Waals surface area contributed by atoms with Gasteiger partial charge in [-0.05, 0) is 49.9 Å². The third kappa shape index (κ3) is 4.84. The highest BCUT2D eigenvalue weighted by atomic mass is 16.5. The summed E-state index contributed by atoms with van der Waals surface area (Å²) >= 11 is 0. The number of rotatable bonds is 6. The maximum atomic E-state index is 5.95. The van der Waals surface area contributed by atoms with Gasteiger partial charge in [-0.3, -0.25) is 0 Å². The first-order valence-electron chi connectivity index (χ1n) is 8.12. The Labute approximate surface area is 138 Å². The summed E-state index contributed by atoms with van der Waals surface area (Å²) in [5.41, 5.74) is 10.3. The SMILES string of the molecule is CCC(CC)c1cc(CN=C(N)Nc2cc(C)cc(C)c2)on1. The maximum Gasteiger partial charge on any atom is 0.193 e. The molecule has 0 unspecified atom stereocenters. The molecule has 0 fully saturated rings. The Morgan fingerprint density at radius 3 is 2.43 bits per heavy atom. The molecule has 0 spiro atoms. The molecule has 2 aromatic rings. The van der Waals surface area contributed by atoms with Crippen LogP contribution in [0.15, 0.2) is 33.8 Å². The monoisotopic (exact) mass is 314 g/mol. The molecule has 1 aromatic carbocycles. The molecule has 5 nitrogen and oxygen atoms in total. The first-order chi connectivity index (χ1) is 11.0. The third-order valence-corrected chi connectivity index (χ3v) is 3.88. The number of aliphatic imine (C=N–C) groups is 1. The zero-order chi connectivity index (χ0) is 16.8. The number of benzene rings is 1. The fraction of sp³-hybridized carbons (Fsp3) is 0.444. The van der Waals surface area contributed by atoms with E-state index in [1.165, 1.54) is 11.1 Å². The number of aryl methyl sites for hydroxylation is 2. The zero-order valence-corrected chi connectivity index (χ0v) is 14.4. The van der Waals surface area contributed by atoms with Gasteiger partial charge >= 0.3 is 0 Å². The smallest absolute Gasteiger partial charge is 0.193 e. The molecule has 0 aliphatic heterocycles. The average molecular weight is 314 g/mol. The molecule has 0 amide bonds. The van der Waals surface area contributed by atoms with Crippen molar-refractivity contribution in [2.24, 2.45) is 10.7 Å². The van der Waals surface area contributed by atoms with Crippen LogP contribution in [-0.4, -0.2) is 11.1 Å². The van der Waals surface area contributed by atoms with Crippen LogP contribution in [0.2, 0.25) is 0 Å². The van der Waals surface area contributed by atoms with E-state index >= 15 is 0 Å². The van der Waals surface area contributed by atoms with Gasteiger partial charge in [0.25, 0.3) is 0 Å². The maximum absolute atomic E-state index is 5.95. The number of anilines is 1. The largest absolute Gasteiger partial charge is 0.370 e.